The fourth-order valence-electron chi connectivity index (χ4n) is 1.06. The fourth-order valence-corrected chi connectivity index (χ4v) is 1.70. The van der Waals surface area contributed by atoms with Crippen LogP contribution in [0.5, 0.6) is 5.75 Å². The molecular formula is C13H18O2S. The Hall–Kier alpha value is -1.09. The van der Waals surface area contributed by atoms with E-state index in [9.17, 15) is 0 Å². The minimum absolute atomic E-state index is 0.477. The first-order chi connectivity index (χ1) is 7.83. The summed E-state index contributed by atoms with van der Waals surface area (Å²) in [5.41, 5.74) is 0. The molecule has 1 aromatic rings. The van der Waals surface area contributed by atoms with Gasteiger partial charge < -0.3 is 8.92 Å². The van der Waals surface area contributed by atoms with Crippen LogP contribution in [0.1, 0.15) is 13.8 Å². The molecule has 0 spiro atoms. The first kappa shape index (κ1) is 13.0. The van der Waals surface area contributed by atoms with Crippen LogP contribution < -0.4 is 4.18 Å². The molecule has 16 heavy (non-hydrogen) atoms. The molecule has 0 saturated carbocycles. The van der Waals surface area contributed by atoms with E-state index in [1.807, 2.05) is 43.3 Å². The van der Waals surface area contributed by atoms with E-state index in [0.29, 0.717) is 5.92 Å². The van der Waals surface area contributed by atoms with E-state index >= 15 is 0 Å². The van der Waals surface area contributed by atoms with Gasteiger partial charge in [0.1, 0.15) is 5.75 Å². The van der Waals surface area contributed by atoms with E-state index in [1.165, 1.54) is 12.0 Å². The Labute approximate surface area is 102 Å². The summed E-state index contributed by atoms with van der Waals surface area (Å²) in [5.74, 6) is 2.30. The van der Waals surface area contributed by atoms with E-state index in [2.05, 4.69) is 6.92 Å². The van der Waals surface area contributed by atoms with Crippen molar-refractivity contribution in [1.82, 2.24) is 0 Å². The summed E-state index contributed by atoms with van der Waals surface area (Å²) in [6.07, 6.45) is 3.61. The van der Waals surface area contributed by atoms with Crippen LogP contribution in [0.15, 0.2) is 42.7 Å². The average Bonchev–Trinajstić information content (AvgIpc) is 2.31. The summed E-state index contributed by atoms with van der Waals surface area (Å²) in [4.78, 5) is 0. The molecule has 1 atom stereocenters. The second kappa shape index (κ2) is 8.11. The van der Waals surface area contributed by atoms with Gasteiger partial charge >= 0.3 is 0 Å². The zero-order valence-electron chi connectivity index (χ0n) is 9.76. The standard InChI is InChI=1S/C13H18O2S/c1-3-9-14-10-12(2)11-16-15-13-7-5-4-6-8-13/h3-9,12H,10-11H2,1-2H3/b9-3+. The summed E-state index contributed by atoms with van der Waals surface area (Å²) in [5, 5.41) is 0. The van der Waals surface area contributed by atoms with Crippen molar-refractivity contribution in [3.05, 3.63) is 42.7 Å². The molecule has 0 aliphatic rings. The number of para-hydroxylation sites is 1. The monoisotopic (exact) mass is 238 g/mol. The molecule has 1 aromatic carbocycles. The molecular weight excluding hydrogens is 220 g/mol. The summed E-state index contributed by atoms with van der Waals surface area (Å²) in [7, 11) is 0. The van der Waals surface area contributed by atoms with Crippen LogP contribution in [0.25, 0.3) is 0 Å². The predicted molar refractivity (Wildman–Crippen MR) is 69.5 cm³/mol. The van der Waals surface area contributed by atoms with Crippen molar-refractivity contribution in [3.63, 3.8) is 0 Å². The Morgan fingerprint density at radius 1 is 1.31 bits per heavy atom. The highest BCUT2D eigenvalue weighted by molar-refractivity contribution is 7.95. The third kappa shape index (κ3) is 5.71. The second-order valence-electron chi connectivity index (χ2n) is 3.59. The Kier molecular flexibility index (Phi) is 6.58. The van der Waals surface area contributed by atoms with Crippen LogP contribution in [0.4, 0.5) is 0 Å². The minimum Gasteiger partial charge on any atom is -0.501 e. The van der Waals surface area contributed by atoms with Gasteiger partial charge in [0.2, 0.25) is 0 Å². The number of hydrogen-bond acceptors (Lipinski definition) is 3. The third-order valence-electron chi connectivity index (χ3n) is 1.86. The lowest BCUT2D eigenvalue weighted by Crippen LogP contribution is -2.06. The fraction of sp³-hybridized carbons (Fsp3) is 0.385. The molecule has 0 amide bonds. The van der Waals surface area contributed by atoms with E-state index in [0.717, 1.165) is 18.1 Å². The molecule has 0 heterocycles. The van der Waals surface area contributed by atoms with Crippen LogP contribution in [0.3, 0.4) is 0 Å². The van der Waals surface area contributed by atoms with Gasteiger partial charge in [-0.15, -0.1) is 0 Å². The molecule has 0 fully saturated rings. The van der Waals surface area contributed by atoms with Crippen LogP contribution in [0.2, 0.25) is 0 Å². The van der Waals surface area contributed by atoms with Gasteiger partial charge in [0.15, 0.2) is 0 Å². The maximum Gasteiger partial charge on any atom is 0.137 e. The van der Waals surface area contributed by atoms with Crippen LogP contribution in [0, 0.1) is 5.92 Å². The Morgan fingerprint density at radius 3 is 2.75 bits per heavy atom. The Bertz CT molecular complexity index is 298. The van der Waals surface area contributed by atoms with Crippen molar-refractivity contribution in [1.29, 1.82) is 0 Å². The van der Waals surface area contributed by atoms with Crippen LogP contribution in [-0.2, 0) is 4.74 Å². The van der Waals surface area contributed by atoms with Gasteiger partial charge in [0.25, 0.3) is 0 Å². The maximum atomic E-state index is 5.53. The van der Waals surface area contributed by atoms with Gasteiger partial charge in [-0.3, -0.25) is 0 Å². The van der Waals surface area contributed by atoms with Crippen molar-refractivity contribution < 1.29 is 8.92 Å². The van der Waals surface area contributed by atoms with Gasteiger partial charge in [0.05, 0.1) is 24.9 Å². The number of allylic oxidation sites excluding steroid dienone is 1. The lowest BCUT2D eigenvalue weighted by Gasteiger charge is -2.10. The van der Waals surface area contributed by atoms with Crippen molar-refractivity contribution in [2.24, 2.45) is 5.92 Å². The lowest BCUT2D eigenvalue weighted by atomic mass is 10.2. The summed E-state index contributed by atoms with van der Waals surface area (Å²) in [6.45, 7) is 4.82. The first-order valence-electron chi connectivity index (χ1n) is 5.40. The van der Waals surface area contributed by atoms with Gasteiger partial charge in [-0.05, 0) is 19.1 Å². The molecule has 2 nitrogen and oxygen atoms in total. The lowest BCUT2D eigenvalue weighted by molar-refractivity contribution is 0.212. The van der Waals surface area contributed by atoms with E-state index in [-0.39, 0.29) is 0 Å². The highest BCUT2D eigenvalue weighted by Gasteiger charge is 2.03. The molecule has 3 heteroatoms. The van der Waals surface area contributed by atoms with E-state index < -0.39 is 0 Å². The molecule has 1 unspecified atom stereocenters. The molecule has 0 aliphatic carbocycles. The van der Waals surface area contributed by atoms with E-state index in [1.54, 1.807) is 6.26 Å². The molecule has 0 saturated heterocycles. The zero-order valence-corrected chi connectivity index (χ0v) is 10.6. The molecule has 88 valence electrons. The smallest absolute Gasteiger partial charge is 0.137 e. The SMILES string of the molecule is C/C=C/OCC(C)CSOc1ccccc1. The molecule has 0 radical (unpaired) electrons. The number of ether oxygens (including phenoxy) is 1. The molecule has 0 bridgehead atoms. The topological polar surface area (TPSA) is 18.5 Å². The molecule has 0 N–H and O–H groups in total. The highest BCUT2D eigenvalue weighted by Crippen LogP contribution is 2.17. The number of hydrogen-bond donors (Lipinski definition) is 0. The third-order valence-corrected chi connectivity index (χ3v) is 2.88. The van der Waals surface area contributed by atoms with Crippen molar-refractivity contribution in [2.45, 2.75) is 13.8 Å². The molecule has 1 rings (SSSR count). The van der Waals surface area contributed by atoms with Gasteiger partial charge in [0, 0.05) is 11.7 Å². The van der Waals surface area contributed by atoms with E-state index in [4.69, 9.17) is 8.92 Å². The van der Waals surface area contributed by atoms with Crippen molar-refractivity contribution >= 4 is 12.0 Å². The van der Waals surface area contributed by atoms with Gasteiger partial charge in [-0.2, -0.15) is 0 Å². The highest BCUT2D eigenvalue weighted by atomic mass is 32.2. The number of rotatable bonds is 7. The minimum atomic E-state index is 0.477. The first-order valence-corrected chi connectivity index (χ1v) is 6.31. The quantitative estimate of drug-likeness (QED) is 0.530. The number of benzene rings is 1. The predicted octanol–water partition coefficient (Wildman–Crippen LogP) is 3.90. The van der Waals surface area contributed by atoms with Crippen molar-refractivity contribution in [3.8, 4) is 5.75 Å². The largest absolute Gasteiger partial charge is 0.501 e. The van der Waals surface area contributed by atoms with Gasteiger partial charge in [-0.1, -0.05) is 31.2 Å². The van der Waals surface area contributed by atoms with Crippen LogP contribution >= 0.6 is 12.0 Å². The van der Waals surface area contributed by atoms with Gasteiger partial charge in [-0.25, -0.2) is 0 Å². The average molecular weight is 238 g/mol. The summed E-state index contributed by atoms with van der Waals surface area (Å²) < 4.78 is 10.8. The van der Waals surface area contributed by atoms with Crippen molar-refractivity contribution in [2.75, 3.05) is 12.4 Å². The Balaban J connectivity index is 2.11. The van der Waals surface area contributed by atoms with Crippen LogP contribution in [-0.4, -0.2) is 12.4 Å². The molecule has 0 aromatic heterocycles. The molecule has 0 aliphatic heterocycles. The summed E-state index contributed by atoms with van der Waals surface area (Å²) in [6, 6.07) is 9.82. The summed E-state index contributed by atoms with van der Waals surface area (Å²) >= 11 is 1.47. The normalized spacial score (nSPS) is 12.6. The Morgan fingerprint density at radius 2 is 2.06 bits per heavy atom. The maximum absolute atomic E-state index is 5.53. The zero-order chi connectivity index (χ0) is 11.6. The second-order valence-corrected chi connectivity index (χ2v) is 4.32.